The van der Waals surface area contributed by atoms with Crippen LogP contribution in [0.3, 0.4) is 0 Å². The second-order valence-corrected chi connectivity index (χ2v) is 1.46. The van der Waals surface area contributed by atoms with Crippen molar-refractivity contribution in [3.8, 4) is 5.75 Å². The van der Waals surface area contributed by atoms with Gasteiger partial charge < -0.3 is 17.2 Å². The van der Waals surface area contributed by atoms with Crippen LogP contribution in [-0.4, -0.2) is 0 Å². The monoisotopic (exact) mass is 145 g/mol. The Morgan fingerprint density at radius 1 is 1.11 bits per heavy atom. The predicted octanol–water partition coefficient (Wildman–Crippen LogP) is -2.77. The standard InChI is InChI=1S/C6H8NO.ClH/c7-8-6-4-2-1-3-5-6;/h1-5H,7H3;1H/q+1;/p-1. The average Bonchev–Trinajstić information content (AvgIpc) is 1.90. The van der Waals surface area contributed by atoms with Crippen molar-refractivity contribution < 1.29 is 23.1 Å². The minimum absolute atomic E-state index is 0. The Kier molecular flexibility index (Phi) is 3.84. The van der Waals surface area contributed by atoms with Gasteiger partial charge in [0.2, 0.25) is 0 Å². The van der Waals surface area contributed by atoms with E-state index < -0.39 is 0 Å². The van der Waals surface area contributed by atoms with Crippen molar-refractivity contribution in [2.24, 2.45) is 0 Å². The summed E-state index contributed by atoms with van der Waals surface area (Å²) in [5, 5.41) is 0. The number of para-hydroxylation sites is 1. The van der Waals surface area contributed by atoms with Gasteiger partial charge in [-0.15, -0.1) is 0 Å². The molecule has 9 heavy (non-hydrogen) atoms. The summed E-state index contributed by atoms with van der Waals surface area (Å²) in [4.78, 5) is 4.66. The van der Waals surface area contributed by atoms with E-state index in [0.717, 1.165) is 5.75 Å². The first-order valence-electron chi connectivity index (χ1n) is 2.40. The van der Waals surface area contributed by atoms with Gasteiger partial charge in [0, 0.05) is 0 Å². The lowest BCUT2D eigenvalue weighted by molar-refractivity contribution is -0.635. The molecule has 0 aromatic heterocycles. The van der Waals surface area contributed by atoms with Crippen molar-refractivity contribution in [3.05, 3.63) is 30.3 Å². The van der Waals surface area contributed by atoms with E-state index in [1.54, 1.807) is 0 Å². The summed E-state index contributed by atoms with van der Waals surface area (Å²) in [6, 6.07) is 9.45. The van der Waals surface area contributed by atoms with Gasteiger partial charge in [-0.3, -0.25) is 0 Å². The zero-order chi connectivity index (χ0) is 5.82. The van der Waals surface area contributed by atoms with Gasteiger partial charge in [-0.05, 0) is 12.1 Å². The molecule has 1 aromatic carbocycles. The van der Waals surface area contributed by atoms with Crippen molar-refractivity contribution in [3.63, 3.8) is 0 Å². The van der Waals surface area contributed by atoms with Crippen molar-refractivity contribution in [2.75, 3.05) is 0 Å². The van der Waals surface area contributed by atoms with Crippen LogP contribution in [0.25, 0.3) is 0 Å². The molecule has 0 aliphatic carbocycles. The van der Waals surface area contributed by atoms with Crippen molar-refractivity contribution in [2.45, 2.75) is 0 Å². The van der Waals surface area contributed by atoms with Crippen molar-refractivity contribution in [1.82, 2.24) is 0 Å². The van der Waals surface area contributed by atoms with Crippen molar-refractivity contribution >= 4 is 0 Å². The molecule has 1 aromatic rings. The Bertz CT molecular complexity index is 154. The fourth-order valence-corrected chi connectivity index (χ4v) is 0.517. The van der Waals surface area contributed by atoms with Crippen LogP contribution < -0.4 is 23.1 Å². The Balaban J connectivity index is 0.000000640. The Morgan fingerprint density at radius 2 is 1.67 bits per heavy atom. The van der Waals surface area contributed by atoms with Crippen LogP contribution in [-0.2, 0) is 0 Å². The second-order valence-electron chi connectivity index (χ2n) is 1.46. The molecule has 3 N–H and O–H groups in total. The highest BCUT2D eigenvalue weighted by atomic mass is 35.5. The highest BCUT2D eigenvalue weighted by Crippen LogP contribution is 2.03. The van der Waals surface area contributed by atoms with Gasteiger partial charge >= 0.3 is 0 Å². The minimum Gasteiger partial charge on any atom is -1.00 e. The SMILES string of the molecule is [Cl-].[NH3+]Oc1ccccc1. The first kappa shape index (κ1) is 8.27. The highest BCUT2D eigenvalue weighted by molar-refractivity contribution is 5.19. The Labute approximate surface area is 60.0 Å². The fraction of sp³-hybridized carbons (Fsp3) is 0. The highest BCUT2D eigenvalue weighted by Gasteiger charge is 1.84. The first-order chi connectivity index (χ1) is 3.93. The summed E-state index contributed by atoms with van der Waals surface area (Å²) in [6.07, 6.45) is 0. The van der Waals surface area contributed by atoms with E-state index in [-0.39, 0.29) is 12.4 Å². The molecule has 0 aliphatic rings. The second kappa shape index (κ2) is 4.18. The average molecular weight is 146 g/mol. The lowest BCUT2D eigenvalue weighted by atomic mass is 10.3. The number of rotatable bonds is 1. The third-order valence-electron chi connectivity index (χ3n) is 0.910. The van der Waals surface area contributed by atoms with Crippen LogP contribution in [0.5, 0.6) is 5.75 Å². The lowest BCUT2D eigenvalue weighted by Crippen LogP contribution is -3.00. The van der Waals surface area contributed by atoms with E-state index in [0.29, 0.717) is 0 Å². The predicted molar refractivity (Wildman–Crippen MR) is 30.0 cm³/mol. The molecule has 0 aliphatic heterocycles. The molecule has 0 unspecified atom stereocenters. The van der Waals surface area contributed by atoms with Gasteiger partial charge in [-0.2, -0.15) is 5.90 Å². The number of hydrogen-bond acceptors (Lipinski definition) is 1. The third-order valence-corrected chi connectivity index (χ3v) is 0.910. The zero-order valence-corrected chi connectivity index (χ0v) is 5.64. The number of halogens is 1. The molecule has 0 heterocycles. The molecule has 0 amide bonds. The number of hydrogen-bond donors (Lipinski definition) is 1. The maximum absolute atomic E-state index is 4.66. The number of benzene rings is 1. The summed E-state index contributed by atoms with van der Waals surface area (Å²) < 4.78 is 0. The Morgan fingerprint density at radius 3 is 2.00 bits per heavy atom. The molecular formula is C6H8ClNO. The minimum atomic E-state index is 0. The van der Waals surface area contributed by atoms with Crippen LogP contribution in [0.2, 0.25) is 0 Å². The maximum atomic E-state index is 4.66. The summed E-state index contributed by atoms with van der Waals surface area (Å²) in [6.45, 7) is 0. The third kappa shape index (κ3) is 2.35. The largest absolute Gasteiger partial charge is 1.00 e. The molecule has 0 radical (unpaired) electrons. The molecule has 2 nitrogen and oxygen atoms in total. The van der Waals surface area contributed by atoms with Gasteiger partial charge in [-0.25, -0.2) is 0 Å². The van der Waals surface area contributed by atoms with Gasteiger partial charge in [0.05, 0.1) is 0 Å². The molecule has 50 valence electrons. The van der Waals surface area contributed by atoms with E-state index >= 15 is 0 Å². The van der Waals surface area contributed by atoms with Gasteiger partial charge in [-0.1, -0.05) is 18.2 Å². The summed E-state index contributed by atoms with van der Waals surface area (Å²) in [5.41, 5.74) is 0. The summed E-state index contributed by atoms with van der Waals surface area (Å²) in [5.74, 6) is 4.05. The Hall–Kier alpha value is -0.730. The fourth-order valence-electron chi connectivity index (χ4n) is 0.517. The maximum Gasteiger partial charge on any atom is 0.189 e. The normalized spacial score (nSPS) is 7.67. The quantitative estimate of drug-likeness (QED) is 0.427. The molecule has 0 saturated heterocycles. The van der Waals surface area contributed by atoms with Crippen LogP contribution in [0.15, 0.2) is 30.3 Å². The number of quaternary nitrogens is 1. The van der Waals surface area contributed by atoms with E-state index in [1.165, 1.54) is 0 Å². The molecule has 3 heteroatoms. The molecule has 0 fully saturated rings. The van der Waals surface area contributed by atoms with Crippen LogP contribution in [0.4, 0.5) is 0 Å². The van der Waals surface area contributed by atoms with E-state index in [2.05, 4.69) is 10.7 Å². The molecule has 0 spiro atoms. The smallest absolute Gasteiger partial charge is 0.189 e. The van der Waals surface area contributed by atoms with Crippen LogP contribution in [0, 0.1) is 0 Å². The molecule has 0 bridgehead atoms. The first-order valence-corrected chi connectivity index (χ1v) is 2.40. The van der Waals surface area contributed by atoms with Crippen molar-refractivity contribution in [1.29, 1.82) is 0 Å². The molecular weight excluding hydrogens is 138 g/mol. The van der Waals surface area contributed by atoms with Gasteiger partial charge in [0.25, 0.3) is 0 Å². The van der Waals surface area contributed by atoms with E-state index in [9.17, 15) is 0 Å². The van der Waals surface area contributed by atoms with Crippen LogP contribution >= 0.6 is 0 Å². The summed E-state index contributed by atoms with van der Waals surface area (Å²) >= 11 is 0. The zero-order valence-electron chi connectivity index (χ0n) is 4.88. The topological polar surface area (TPSA) is 36.9 Å². The summed E-state index contributed by atoms with van der Waals surface area (Å²) in [7, 11) is 0. The van der Waals surface area contributed by atoms with E-state index in [1.807, 2.05) is 30.3 Å². The van der Waals surface area contributed by atoms with E-state index in [4.69, 9.17) is 0 Å². The molecule has 0 atom stereocenters. The molecule has 0 saturated carbocycles. The molecule has 1 rings (SSSR count). The van der Waals surface area contributed by atoms with Crippen LogP contribution in [0.1, 0.15) is 0 Å². The van der Waals surface area contributed by atoms with Gasteiger partial charge in [0.15, 0.2) is 5.75 Å². The van der Waals surface area contributed by atoms with Gasteiger partial charge in [0.1, 0.15) is 0 Å². The lowest BCUT2D eigenvalue weighted by Gasteiger charge is -1.88.